The Morgan fingerprint density at radius 2 is 2.17 bits per heavy atom. The summed E-state index contributed by atoms with van der Waals surface area (Å²) < 4.78 is 34.7. The van der Waals surface area contributed by atoms with Gasteiger partial charge in [-0.1, -0.05) is 0 Å². The topological polar surface area (TPSA) is 82.1 Å². The second kappa shape index (κ2) is 5.75. The van der Waals surface area contributed by atoms with Gasteiger partial charge in [-0.15, -0.1) is 9.42 Å². The molecule has 0 fully saturated rings. The van der Waals surface area contributed by atoms with Crippen molar-refractivity contribution in [2.24, 2.45) is 0 Å². The fraction of sp³-hybridized carbons (Fsp3) is 1.00. The number of hydrogen-bond acceptors (Lipinski definition) is 5. The van der Waals surface area contributed by atoms with Gasteiger partial charge in [-0.25, -0.2) is 0 Å². The van der Waals surface area contributed by atoms with Crippen LogP contribution in [0.3, 0.4) is 0 Å². The molecule has 0 spiro atoms. The van der Waals surface area contributed by atoms with Crippen molar-refractivity contribution in [2.75, 3.05) is 20.1 Å². The van der Waals surface area contributed by atoms with E-state index in [2.05, 4.69) is 9.05 Å². The molecule has 0 saturated carbocycles. The summed E-state index contributed by atoms with van der Waals surface area (Å²) in [5.41, 5.74) is 0. The molecule has 2 unspecified atom stereocenters. The van der Waals surface area contributed by atoms with E-state index < -0.39 is 22.2 Å². The zero-order chi connectivity index (χ0) is 9.61. The highest BCUT2D eigenvalue weighted by atomic mass is 31.2. The molecule has 0 aliphatic rings. The molecule has 2 atom stereocenters. The van der Waals surface area contributed by atoms with Crippen LogP contribution in [0.25, 0.3) is 0 Å². The molecule has 0 aliphatic heterocycles. The summed E-state index contributed by atoms with van der Waals surface area (Å²) in [5, 5.41) is 0. The minimum atomic E-state index is -3.32. The molecule has 0 aliphatic carbocycles. The van der Waals surface area contributed by atoms with Crippen molar-refractivity contribution >= 4 is 15.9 Å². The van der Waals surface area contributed by atoms with Crippen LogP contribution in [0.15, 0.2) is 0 Å². The summed E-state index contributed by atoms with van der Waals surface area (Å²) in [6.45, 7) is 1.82. The SMILES string of the molecule is CCOP(=O)(CO[P+](=O)O)OC. The average molecular weight is 217 g/mol. The molecule has 0 bridgehead atoms. The van der Waals surface area contributed by atoms with E-state index in [1.54, 1.807) is 6.92 Å². The molecular weight excluding hydrogens is 206 g/mol. The van der Waals surface area contributed by atoms with Crippen LogP contribution in [-0.4, -0.2) is 25.0 Å². The molecule has 0 aromatic rings. The van der Waals surface area contributed by atoms with Gasteiger partial charge in [-0.05, 0) is 6.92 Å². The van der Waals surface area contributed by atoms with Crippen molar-refractivity contribution in [2.45, 2.75) is 6.92 Å². The Morgan fingerprint density at radius 1 is 1.58 bits per heavy atom. The van der Waals surface area contributed by atoms with Gasteiger partial charge in [-0.2, -0.15) is 0 Å². The molecule has 0 rings (SSSR count). The predicted molar refractivity (Wildman–Crippen MR) is 42.0 cm³/mol. The van der Waals surface area contributed by atoms with Crippen LogP contribution >= 0.6 is 15.9 Å². The third-order valence-corrected chi connectivity index (χ3v) is 3.14. The molecule has 12 heavy (non-hydrogen) atoms. The molecule has 0 aromatic carbocycles. The second-order valence-electron chi connectivity index (χ2n) is 1.71. The maximum Gasteiger partial charge on any atom is 0.695 e. The molecule has 8 heteroatoms. The standard InChI is InChI=1S/C4H10O6P2/c1-3-10-12(7,8-2)4-9-11(5)6/h3-4H2,1-2H3/p+1. The number of hydrogen-bond donors (Lipinski definition) is 1. The summed E-state index contributed by atoms with van der Waals surface area (Å²) >= 11 is 0. The first-order valence-electron chi connectivity index (χ1n) is 3.12. The summed E-state index contributed by atoms with van der Waals surface area (Å²) in [5.74, 6) is 0. The van der Waals surface area contributed by atoms with Crippen molar-refractivity contribution in [1.29, 1.82) is 0 Å². The van der Waals surface area contributed by atoms with Gasteiger partial charge < -0.3 is 9.05 Å². The van der Waals surface area contributed by atoms with Crippen molar-refractivity contribution < 1.29 is 27.6 Å². The van der Waals surface area contributed by atoms with E-state index in [1.165, 1.54) is 7.11 Å². The Kier molecular flexibility index (Phi) is 5.84. The Bertz CT molecular complexity index is 192. The lowest BCUT2D eigenvalue weighted by Gasteiger charge is -2.10. The summed E-state index contributed by atoms with van der Waals surface area (Å²) in [6, 6.07) is 0. The highest BCUT2D eigenvalue weighted by molar-refractivity contribution is 7.54. The summed E-state index contributed by atoms with van der Waals surface area (Å²) in [6.07, 6.45) is -0.511. The molecule has 0 radical (unpaired) electrons. The van der Waals surface area contributed by atoms with Gasteiger partial charge in [0.25, 0.3) is 0 Å². The Morgan fingerprint density at radius 3 is 2.50 bits per heavy atom. The fourth-order valence-electron chi connectivity index (χ4n) is 0.459. The molecular formula is C4H11O6P2+. The van der Waals surface area contributed by atoms with Crippen LogP contribution in [-0.2, 0) is 22.7 Å². The lowest BCUT2D eigenvalue weighted by molar-refractivity contribution is 0.212. The van der Waals surface area contributed by atoms with Crippen molar-refractivity contribution in [1.82, 2.24) is 0 Å². The maximum absolute atomic E-state index is 11.3. The summed E-state index contributed by atoms with van der Waals surface area (Å²) in [7, 11) is -4.90. The first-order chi connectivity index (χ1) is 5.54. The van der Waals surface area contributed by atoms with Gasteiger partial charge in [0.1, 0.15) is 0 Å². The molecule has 0 amide bonds. The third-order valence-electron chi connectivity index (χ3n) is 0.930. The molecule has 0 saturated heterocycles. The van der Waals surface area contributed by atoms with Crippen molar-refractivity contribution in [3.63, 3.8) is 0 Å². The number of rotatable bonds is 6. The highest BCUT2D eigenvalue weighted by Crippen LogP contribution is 2.48. The first kappa shape index (κ1) is 12.2. The summed E-state index contributed by atoms with van der Waals surface area (Å²) in [4.78, 5) is 8.23. The molecule has 0 aromatic heterocycles. The van der Waals surface area contributed by atoms with Gasteiger partial charge >= 0.3 is 15.9 Å². The molecule has 6 nitrogen and oxygen atoms in total. The van der Waals surface area contributed by atoms with Crippen LogP contribution in [0, 0.1) is 0 Å². The van der Waals surface area contributed by atoms with E-state index in [9.17, 15) is 9.13 Å². The Labute approximate surface area is 71.3 Å². The lowest BCUT2D eigenvalue weighted by atomic mass is 10.9. The van der Waals surface area contributed by atoms with Crippen LogP contribution in [0.1, 0.15) is 6.92 Å². The fourth-order valence-corrected chi connectivity index (χ4v) is 2.10. The zero-order valence-corrected chi connectivity index (χ0v) is 8.59. The minimum Gasteiger partial charge on any atom is -0.310 e. The van der Waals surface area contributed by atoms with Crippen LogP contribution in [0.4, 0.5) is 0 Å². The molecule has 1 N–H and O–H groups in total. The van der Waals surface area contributed by atoms with Gasteiger partial charge in [-0.3, -0.25) is 4.57 Å². The lowest BCUT2D eigenvalue weighted by Crippen LogP contribution is -1.97. The quantitative estimate of drug-likeness (QED) is 0.678. The predicted octanol–water partition coefficient (Wildman–Crippen LogP) is 1.49. The maximum atomic E-state index is 11.3. The minimum absolute atomic E-state index is 0.191. The highest BCUT2D eigenvalue weighted by Gasteiger charge is 2.28. The van der Waals surface area contributed by atoms with Gasteiger partial charge in [0.05, 0.1) is 6.61 Å². The Balaban J connectivity index is 3.96. The van der Waals surface area contributed by atoms with Crippen molar-refractivity contribution in [3.8, 4) is 0 Å². The largest absolute Gasteiger partial charge is 0.695 e. The normalized spacial score (nSPS) is 17.1. The van der Waals surface area contributed by atoms with E-state index in [-0.39, 0.29) is 6.61 Å². The third kappa shape index (κ3) is 4.93. The monoisotopic (exact) mass is 217 g/mol. The van der Waals surface area contributed by atoms with Crippen LogP contribution in [0.2, 0.25) is 0 Å². The van der Waals surface area contributed by atoms with Crippen LogP contribution < -0.4 is 0 Å². The molecule has 72 valence electrons. The first-order valence-corrected chi connectivity index (χ1v) is 5.98. The molecule has 0 heterocycles. The van der Waals surface area contributed by atoms with E-state index >= 15 is 0 Å². The van der Waals surface area contributed by atoms with Gasteiger partial charge in [0.2, 0.25) is 6.35 Å². The van der Waals surface area contributed by atoms with E-state index in [0.717, 1.165) is 0 Å². The van der Waals surface area contributed by atoms with Crippen LogP contribution in [0.5, 0.6) is 0 Å². The van der Waals surface area contributed by atoms with Crippen molar-refractivity contribution in [3.05, 3.63) is 0 Å². The zero-order valence-electron chi connectivity index (χ0n) is 6.80. The van der Waals surface area contributed by atoms with E-state index in [0.29, 0.717) is 0 Å². The van der Waals surface area contributed by atoms with Gasteiger partial charge in [0, 0.05) is 11.7 Å². The van der Waals surface area contributed by atoms with Gasteiger partial charge in [0.15, 0.2) is 0 Å². The second-order valence-corrected chi connectivity index (χ2v) is 4.54. The van der Waals surface area contributed by atoms with E-state index in [1.807, 2.05) is 0 Å². The average Bonchev–Trinajstić information content (AvgIpc) is 2.02. The van der Waals surface area contributed by atoms with E-state index in [4.69, 9.17) is 9.42 Å². The smallest absolute Gasteiger partial charge is 0.310 e. The Hall–Kier alpha value is 0.170.